The number of nitrogens with one attached hydrogen (secondary N) is 1. The van der Waals surface area contributed by atoms with Crippen LogP contribution in [0.5, 0.6) is 11.5 Å². The molecule has 0 saturated carbocycles. The van der Waals surface area contributed by atoms with E-state index in [0.29, 0.717) is 17.4 Å². The minimum absolute atomic E-state index is 0.429. The van der Waals surface area contributed by atoms with Crippen molar-refractivity contribution in [2.24, 2.45) is 11.7 Å². The first-order chi connectivity index (χ1) is 12.5. The average Bonchev–Trinajstić information content (AvgIpc) is 2.62. The molecule has 26 heavy (non-hydrogen) atoms. The molecule has 1 atom stereocenters. The van der Waals surface area contributed by atoms with Crippen LogP contribution < -0.4 is 15.8 Å². The fourth-order valence-corrected chi connectivity index (χ4v) is 3.44. The molecule has 2 aromatic rings. The highest BCUT2D eigenvalue weighted by atomic mass is 16.5. The van der Waals surface area contributed by atoms with Crippen molar-refractivity contribution in [1.82, 2.24) is 5.32 Å². The number of ether oxygens (including phenoxy) is 1. The van der Waals surface area contributed by atoms with E-state index in [4.69, 9.17) is 10.5 Å². The van der Waals surface area contributed by atoms with Crippen LogP contribution in [0.1, 0.15) is 60.6 Å². The standard InChI is InChI=1S/C22H28N2O2/c1-15(2)12-13-24-21-5-3-4-17-14-19(10-11-20(17)21)26-18-8-6-16(7-9-18)22(23)25/h6-11,14-15,21,24H,3-5,12-13H2,1-2H3,(H2,23,25). The second-order valence-electron chi connectivity index (χ2n) is 7.43. The summed E-state index contributed by atoms with van der Waals surface area (Å²) in [5.74, 6) is 1.83. The summed E-state index contributed by atoms with van der Waals surface area (Å²) in [5, 5.41) is 3.71. The highest BCUT2D eigenvalue weighted by Gasteiger charge is 2.20. The second kappa shape index (κ2) is 8.37. The molecule has 4 nitrogen and oxygen atoms in total. The van der Waals surface area contributed by atoms with E-state index in [2.05, 4.69) is 31.3 Å². The van der Waals surface area contributed by atoms with Gasteiger partial charge in [0, 0.05) is 11.6 Å². The quantitative estimate of drug-likeness (QED) is 0.766. The van der Waals surface area contributed by atoms with Crippen molar-refractivity contribution < 1.29 is 9.53 Å². The number of benzene rings is 2. The van der Waals surface area contributed by atoms with Crippen molar-refractivity contribution >= 4 is 5.91 Å². The maximum Gasteiger partial charge on any atom is 0.248 e. The molecule has 3 N–H and O–H groups in total. The van der Waals surface area contributed by atoms with Gasteiger partial charge in [-0.05, 0) is 85.7 Å². The van der Waals surface area contributed by atoms with Crippen LogP contribution in [0.25, 0.3) is 0 Å². The van der Waals surface area contributed by atoms with Crippen LogP contribution in [0.2, 0.25) is 0 Å². The number of aryl methyl sites for hydroxylation is 1. The van der Waals surface area contributed by atoms with Gasteiger partial charge in [-0.15, -0.1) is 0 Å². The summed E-state index contributed by atoms with van der Waals surface area (Å²) in [4.78, 5) is 11.1. The Labute approximate surface area is 155 Å². The Balaban J connectivity index is 1.68. The zero-order chi connectivity index (χ0) is 18.5. The Kier molecular flexibility index (Phi) is 5.94. The summed E-state index contributed by atoms with van der Waals surface area (Å²) >= 11 is 0. The van der Waals surface area contributed by atoms with Crippen molar-refractivity contribution in [3.63, 3.8) is 0 Å². The molecule has 0 aromatic heterocycles. The summed E-state index contributed by atoms with van der Waals surface area (Å²) in [6, 6.07) is 13.7. The third-order valence-electron chi connectivity index (χ3n) is 4.92. The first kappa shape index (κ1) is 18.5. The molecule has 0 aliphatic heterocycles. The summed E-state index contributed by atoms with van der Waals surface area (Å²) in [6.07, 6.45) is 4.69. The van der Waals surface area contributed by atoms with Crippen molar-refractivity contribution in [2.75, 3.05) is 6.54 Å². The molecule has 4 heteroatoms. The van der Waals surface area contributed by atoms with Gasteiger partial charge in [-0.3, -0.25) is 4.79 Å². The minimum atomic E-state index is -0.429. The van der Waals surface area contributed by atoms with Gasteiger partial charge in [-0.2, -0.15) is 0 Å². The van der Waals surface area contributed by atoms with Crippen LogP contribution in [-0.2, 0) is 6.42 Å². The molecule has 1 aliphatic carbocycles. The Morgan fingerprint density at radius 3 is 2.62 bits per heavy atom. The predicted molar refractivity (Wildman–Crippen MR) is 105 cm³/mol. The lowest BCUT2D eigenvalue weighted by molar-refractivity contribution is 0.100. The highest BCUT2D eigenvalue weighted by Crippen LogP contribution is 2.33. The van der Waals surface area contributed by atoms with Crippen LogP contribution in [-0.4, -0.2) is 12.5 Å². The molecule has 1 aliphatic rings. The van der Waals surface area contributed by atoms with Gasteiger partial charge in [0.2, 0.25) is 5.91 Å². The van der Waals surface area contributed by atoms with E-state index < -0.39 is 5.91 Å². The van der Waals surface area contributed by atoms with Gasteiger partial charge in [-0.25, -0.2) is 0 Å². The Morgan fingerprint density at radius 2 is 1.92 bits per heavy atom. The van der Waals surface area contributed by atoms with Crippen LogP contribution >= 0.6 is 0 Å². The zero-order valence-corrected chi connectivity index (χ0v) is 15.6. The van der Waals surface area contributed by atoms with E-state index in [1.807, 2.05) is 6.07 Å². The molecule has 0 heterocycles. The minimum Gasteiger partial charge on any atom is -0.457 e. The molecule has 2 aromatic carbocycles. The van der Waals surface area contributed by atoms with E-state index in [0.717, 1.165) is 24.6 Å². The lowest BCUT2D eigenvalue weighted by atomic mass is 9.87. The SMILES string of the molecule is CC(C)CCNC1CCCc2cc(Oc3ccc(C(N)=O)cc3)ccc21. The van der Waals surface area contributed by atoms with Gasteiger partial charge < -0.3 is 15.8 Å². The smallest absolute Gasteiger partial charge is 0.248 e. The molecule has 0 saturated heterocycles. The molecule has 0 bridgehead atoms. The zero-order valence-electron chi connectivity index (χ0n) is 15.6. The van der Waals surface area contributed by atoms with E-state index in [1.54, 1.807) is 24.3 Å². The Bertz CT molecular complexity index is 753. The molecule has 3 rings (SSSR count). The topological polar surface area (TPSA) is 64.3 Å². The van der Waals surface area contributed by atoms with E-state index >= 15 is 0 Å². The Morgan fingerprint density at radius 1 is 1.19 bits per heavy atom. The highest BCUT2D eigenvalue weighted by molar-refractivity contribution is 5.92. The number of primary amides is 1. The van der Waals surface area contributed by atoms with Crippen molar-refractivity contribution in [3.05, 3.63) is 59.2 Å². The van der Waals surface area contributed by atoms with Crippen LogP contribution in [0, 0.1) is 5.92 Å². The number of fused-ring (bicyclic) bond motifs is 1. The molecule has 1 amide bonds. The largest absolute Gasteiger partial charge is 0.457 e. The number of hydrogen-bond donors (Lipinski definition) is 2. The molecule has 138 valence electrons. The summed E-state index contributed by atoms with van der Waals surface area (Å²) in [7, 11) is 0. The summed E-state index contributed by atoms with van der Waals surface area (Å²) in [6.45, 7) is 5.58. The molecule has 1 unspecified atom stereocenters. The fraction of sp³-hybridized carbons (Fsp3) is 0.409. The van der Waals surface area contributed by atoms with Gasteiger partial charge in [0.15, 0.2) is 0 Å². The van der Waals surface area contributed by atoms with Crippen LogP contribution in [0.15, 0.2) is 42.5 Å². The first-order valence-electron chi connectivity index (χ1n) is 9.47. The van der Waals surface area contributed by atoms with Gasteiger partial charge in [-0.1, -0.05) is 19.9 Å². The maximum absolute atomic E-state index is 11.1. The average molecular weight is 352 g/mol. The van der Waals surface area contributed by atoms with Gasteiger partial charge in [0.25, 0.3) is 0 Å². The molecule has 0 spiro atoms. The molecular weight excluding hydrogens is 324 g/mol. The normalized spacial score (nSPS) is 16.3. The van der Waals surface area contributed by atoms with Gasteiger partial charge in [0.05, 0.1) is 0 Å². The lowest BCUT2D eigenvalue weighted by Gasteiger charge is -2.27. The number of carbonyl (C=O) groups is 1. The lowest BCUT2D eigenvalue weighted by Crippen LogP contribution is -2.26. The fourth-order valence-electron chi connectivity index (χ4n) is 3.44. The van der Waals surface area contributed by atoms with Crippen molar-refractivity contribution in [2.45, 2.75) is 45.6 Å². The first-order valence-corrected chi connectivity index (χ1v) is 9.47. The van der Waals surface area contributed by atoms with Crippen LogP contribution in [0.4, 0.5) is 0 Å². The van der Waals surface area contributed by atoms with E-state index in [1.165, 1.54) is 30.4 Å². The number of rotatable bonds is 7. The number of nitrogens with two attached hydrogens (primary N) is 1. The number of carbonyl (C=O) groups excluding carboxylic acids is 1. The third kappa shape index (κ3) is 4.64. The van der Waals surface area contributed by atoms with Gasteiger partial charge in [0.1, 0.15) is 11.5 Å². The Hall–Kier alpha value is -2.33. The molecular formula is C22H28N2O2. The van der Waals surface area contributed by atoms with Gasteiger partial charge >= 0.3 is 0 Å². The van der Waals surface area contributed by atoms with E-state index in [9.17, 15) is 4.79 Å². The molecule has 0 fully saturated rings. The number of hydrogen-bond acceptors (Lipinski definition) is 3. The van der Waals surface area contributed by atoms with Crippen molar-refractivity contribution in [3.8, 4) is 11.5 Å². The maximum atomic E-state index is 11.1. The second-order valence-corrected chi connectivity index (χ2v) is 7.43. The summed E-state index contributed by atoms with van der Waals surface area (Å²) < 4.78 is 5.95. The summed E-state index contributed by atoms with van der Waals surface area (Å²) in [5.41, 5.74) is 8.52. The monoisotopic (exact) mass is 352 g/mol. The van der Waals surface area contributed by atoms with E-state index in [-0.39, 0.29) is 0 Å². The predicted octanol–water partition coefficient (Wildman–Crippen LogP) is 4.59. The number of amides is 1. The third-order valence-corrected chi connectivity index (χ3v) is 4.92. The van der Waals surface area contributed by atoms with Crippen LogP contribution in [0.3, 0.4) is 0 Å². The molecule has 0 radical (unpaired) electrons. The van der Waals surface area contributed by atoms with Crippen molar-refractivity contribution in [1.29, 1.82) is 0 Å².